The predicted molar refractivity (Wildman–Crippen MR) is 79.8 cm³/mol. The van der Waals surface area contributed by atoms with Gasteiger partial charge in [-0.2, -0.15) is 0 Å². The van der Waals surface area contributed by atoms with Crippen LogP contribution in [0.25, 0.3) is 0 Å². The average molecular weight is 315 g/mol. The van der Waals surface area contributed by atoms with Crippen LogP contribution in [0.5, 0.6) is 5.75 Å². The quantitative estimate of drug-likeness (QED) is 0.849. The molecule has 4 nitrogen and oxygen atoms in total. The standard InChI is InChI=1S/C16H23F2NO3/c1-15(2,3)22-13(20)8-16(4,9-19)11-6-10(17)7-12(18)14(11)21-5/h6-7H,8-9,19H2,1-5H3. The Morgan fingerprint density at radius 1 is 1.23 bits per heavy atom. The predicted octanol–water partition coefficient (Wildman–Crippen LogP) is 2.92. The lowest BCUT2D eigenvalue weighted by molar-refractivity contribution is -0.156. The zero-order valence-electron chi connectivity index (χ0n) is 13.6. The molecule has 1 rings (SSSR count). The molecule has 0 fully saturated rings. The molecule has 0 aliphatic carbocycles. The van der Waals surface area contributed by atoms with Crippen LogP contribution in [0.15, 0.2) is 12.1 Å². The Kier molecular flexibility index (Phi) is 5.51. The summed E-state index contributed by atoms with van der Waals surface area (Å²) in [6, 6.07) is 1.87. The second-order valence-corrected chi connectivity index (χ2v) is 6.50. The van der Waals surface area contributed by atoms with E-state index in [0.717, 1.165) is 12.1 Å². The lowest BCUT2D eigenvalue weighted by Crippen LogP contribution is -2.37. The van der Waals surface area contributed by atoms with Gasteiger partial charge in [0.2, 0.25) is 0 Å². The van der Waals surface area contributed by atoms with E-state index in [9.17, 15) is 13.6 Å². The lowest BCUT2D eigenvalue weighted by Gasteiger charge is -2.31. The Balaban J connectivity index is 3.21. The molecule has 22 heavy (non-hydrogen) atoms. The smallest absolute Gasteiger partial charge is 0.307 e. The molecule has 2 N–H and O–H groups in total. The van der Waals surface area contributed by atoms with E-state index in [1.165, 1.54) is 7.11 Å². The summed E-state index contributed by atoms with van der Waals surface area (Å²) in [4.78, 5) is 12.1. The summed E-state index contributed by atoms with van der Waals surface area (Å²) < 4.78 is 37.7. The molecule has 0 bridgehead atoms. The highest BCUT2D eigenvalue weighted by atomic mass is 19.1. The van der Waals surface area contributed by atoms with E-state index < -0.39 is 28.6 Å². The van der Waals surface area contributed by atoms with Gasteiger partial charge in [0.25, 0.3) is 0 Å². The van der Waals surface area contributed by atoms with E-state index in [-0.39, 0.29) is 24.3 Å². The van der Waals surface area contributed by atoms with Gasteiger partial charge in [-0.3, -0.25) is 4.79 Å². The SMILES string of the molecule is COc1c(F)cc(F)cc1C(C)(CN)CC(=O)OC(C)(C)C. The highest BCUT2D eigenvalue weighted by Gasteiger charge is 2.34. The molecule has 0 amide bonds. The molecular weight excluding hydrogens is 292 g/mol. The maximum absolute atomic E-state index is 13.9. The normalized spacial score (nSPS) is 14.4. The summed E-state index contributed by atoms with van der Waals surface area (Å²) in [6.07, 6.45) is -0.111. The molecule has 6 heteroatoms. The highest BCUT2D eigenvalue weighted by molar-refractivity contribution is 5.72. The van der Waals surface area contributed by atoms with Gasteiger partial charge < -0.3 is 15.2 Å². The number of carbonyl (C=O) groups excluding carboxylic acids is 1. The van der Waals surface area contributed by atoms with Crippen molar-refractivity contribution in [3.8, 4) is 5.75 Å². The fourth-order valence-electron chi connectivity index (χ4n) is 2.19. The lowest BCUT2D eigenvalue weighted by atomic mass is 9.78. The van der Waals surface area contributed by atoms with Crippen molar-refractivity contribution in [1.82, 2.24) is 0 Å². The van der Waals surface area contributed by atoms with Crippen LogP contribution in [-0.4, -0.2) is 25.2 Å². The van der Waals surface area contributed by atoms with Crippen molar-refractivity contribution in [2.24, 2.45) is 5.73 Å². The summed E-state index contributed by atoms with van der Waals surface area (Å²) in [5.74, 6) is -2.19. The minimum atomic E-state index is -1.00. The first-order valence-electron chi connectivity index (χ1n) is 6.98. The Morgan fingerprint density at radius 2 is 1.82 bits per heavy atom. The van der Waals surface area contributed by atoms with Gasteiger partial charge in [-0.25, -0.2) is 8.78 Å². The topological polar surface area (TPSA) is 61.5 Å². The van der Waals surface area contributed by atoms with Gasteiger partial charge in [-0.1, -0.05) is 6.92 Å². The van der Waals surface area contributed by atoms with E-state index in [0.29, 0.717) is 0 Å². The number of hydrogen-bond donors (Lipinski definition) is 1. The largest absolute Gasteiger partial charge is 0.493 e. The number of benzene rings is 1. The molecule has 1 unspecified atom stereocenters. The van der Waals surface area contributed by atoms with Crippen molar-refractivity contribution >= 4 is 5.97 Å². The maximum Gasteiger partial charge on any atom is 0.307 e. The number of rotatable bonds is 5. The molecule has 0 radical (unpaired) electrons. The molecule has 0 aromatic heterocycles. The number of ether oxygens (including phenoxy) is 2. The van der Waals surface area contributed by atoms with Crippen LogP contribution in [0, 0.1) is 11.6 Å². The third-order valence-corrected chi connectivity index (χ3v) is 3.27. The molecule has 1 atom stereocenters. The second kappa shape index (κ2) is 6.60. The number of halogens is 2. The van der Waals surface area contributed by atoms with E-state index in [4.69, 9.17) is 15.2 Å². The monoisotopic (exact) mass is 315 g/mol. The number of methoxy groups -OCH3 is 1. The van der Waals surface area contributed by atoms with Crippen molar-refractivity contribution in [2.75, 3.05) is 13.7 Å². The van der Waals surface area contributed by atoms with Gasteiger partial charge >= 0.3 is 5.97 Å². The fraction of sp³-hybridized carbons (Fsp3) is 0.562. The van der Waals surface area contributed by atoms with Crippen molar-refractivity contribution in [3.05, 3.63) is 29.3 Å². The van der Waals surface area contributed by atoms with Crippen molar-refractivity contribution in [3.63, 3.8) is 0 Å². The first-order valence-corrected chi connectivity index (χ1v) is 6.98. The van der Waals surface area contributed by atoms with Crippen molar-refractivity contribution < 1.29 is 23.0 Å². The summed E-state index contributed by atoms with van der Waals surface area (Å²) in [7, 11) is 1.28. The Bertz CT molecular complexity index is 555. The van der Waals surface area contributed by atoms with Crippen LogP contribution < -0.4 is 10.5 Å². The van der Waals surface area contributed by atoms with Gasteiger partial charge in [0.1, 0.15) is 11.4 Å². The molecule has 1 aromatic carbocycles. The zero-order chi connectivity index (χ0) is 17.1. The summed E-state index contributed by atoms with van der Waals surface area (Å²) >= 11 is 0. The van der Waals surface area contributed by atoms with E-state index in [1.807, 2.05) is 0 Å². The van der Waals surface area contributed by atoms with Crippen LogP contribution in [0.4, 0.5) is 8.78 Å². The third kappa shape index (κ3) is 4.40. The Morgan fingerprint density at radius 3 is 2.27 bits per heavy atom. The zero-order valence-corrected chi connectivity index (χ0v) is 13.6. The summed E-state index contributed by atoms with van der Waals surface area (Å²) in [6.45, 7) is 6.88. The second-order valence-electron chi connectivity index (χ2n) is 6.50. The summed E-state index contributed by atoms with van der Waals surface area (Å²) in [5, 5.41) is 0. The average Bonchev–Trinajstić information content (AvgIpc) is 2.35. The molecule has 0 aliphatic heterocycles. The number of hydrogen-bond acceptors (Lipinski definition) is 4. The van der Waals surface area contributed by atoms with E-state index >= 15 is 0 Å². The van der Waals surface area contributed by atoms with Crippen molar-refractivity contribution in [1.29, 1.82) is 0 Å². The first kappa shape index (κ1) is 18.4. The molecule has 1 aromatic rings. The van der Waals surface area contributed by atoms with E-state index in [1.54, 1.807) is 27.7 Å². The first-order chi connectivity index (χ1) is 10.0. The molecule has 0 saturated carbocycles. The molecule has 0 saturated heterocycles. The van der Waals surface area contributed by atoms with Gasteiger partial charge in [0.05, 0.1) is 13.5 Å². The van der Waals surface area contributed by atoms with Crippen LogP contribution >= 0.6 is 0 Å². The summed E-state index contributed by atoms with van der Waals surface area (Å²) in [5.41, 5.74) is 4.32. The van der Waals surface area contributed by atoms with Gasteiger partial charge in [0, 0.05) is 23.6 Å². The van der Waals surface area contributed by atoms with Crippen LogP contribution in [-0.2, 0) is 14.9 Å². The van der Waals surface area contributed by atoms with E-state index in [2.05, 4.69) is 0 Å². The van der Waals surface area contributed by atoms with Crippen LogP contribution in [0.3, 0.4) is 0 Å². The van der Waals surface area contributed by atoms with Crippen LogP contribution in [0.1, 0.15) is 39.7 Å². The minimum Gasteiger partial charge on any atom is -0.493 e. The Hall–Kier alpha value is -1.69. The number of esters is 1. The molecule has 124 valence electrons. The maximum atomic E-state index is 13.9. The Labute approximate surface area is 129 Å². The number of carbonyl (C=O) groups is 1. The third-order valence-electron chi connectivity index (χ3n) is 3.27. The van der Waals surface area contributed by atoms with Crippen molar-refractivity contribution in [2.45, 2.75) is 45.1 Å². The van der Waals surface area contributed by atoms with Gasteiger partial charge in [-0.05, 0) is 26.8 Å². The molecular formula is C16H23F2NO3. The molecule has 0 spiro atoms. The fourth-order valence-corrected chi connectivity index (χ4v) is 2.19. The molecule has 0 heterocycles. The van der Waals surface area contributed by atoms with Gasteiger partial charge in [-0.15, -0.1) is 0 Å². The highest BCUT2D eigenvalue weighted by Crippen LogP contribution is 2.37. The minimum absolute atomic E-state index is 0.00545. The number of nitrogens with two attached hydrogens (primary N) is 1. The van der Waals surface area contributed by atoms with Crippen LogP contribution in [0.2, 0.25) is 0 Å². The molecule has 0 aliphatic rings. The van der Waals surface area contributed by atoms with Gasteiger partial charge in [0.15, 0.2) is 11.6 Å².